The number of hydrogen-bond acceptors (Lipinski definition) is 9. The molecular weight excluding hydrogens is 558 g/mol. The van der Waals surface area contributed by atoms with Crippen molar-refractivity contribution < 1.29 is 28.9 Å². The molecule has 0 atom stereocenters. The summed E-state index contributed by atoms with van der Waals surface area (Å²) in [4.78, 5) is 28.1. The number of thiophene rings is 1. The van der Waals surface area contributed by atoms with Gasteiger partial charge in [0, 0.05) is 34.5 Å². The second kappa shape index (κ2) is 16.8. The maximum absolute atomic E-state index is 10.5. The van der Waals surface area contributed by atoms with Gasteiger partial charge in [-0.15, -0.1) is 11.3 Å². The maximum atomic E-state index is 10.5. The van der Waals surface area contributed by atoms with Crippen LogP contribution in [0, 0.1) is 24.7 Å². The molecule has 0 radical (unpaired) electrons. The van der Waals surface area contributed by atoms with Gasteiger partial charge in [-0.3, -0.25) is 25.5 Å². The second-order valence-corrected chi connectivity index (χ2v) is 10.3. The van der Waals surface area contributed by atoms with Crippen LogP contribution < -0.4 is 10.2 Å². The number of hydrogen-bond donors (Lipinski definition) is 4. The van der Waals surface area contributed by atoms with E-state index in [1.807, 2.05) is 24.3 Å². The molecule has 218 valence electrons. The lowest BCUT2D eigenvalue weighted by molar-refractivity contribution is -0.142. The predicted molar refractivity (Wildman–Crippen MR) is 158 cm³/mol. The van der Waals surface area contributed by atoms with Crippen molar-refractivity contribution in [1.29, 1.82) is 10.8 Å². The van der Waals surface area contributed by atoms with Crippen molar-refractivity contribution in [2.75, 3.05) is 57.6 Å². The van der Waals surface area contributed by atoms with Gasteiger partial charge in [-0.1, -0.05) is 23.7 Å². The fourth-order valence-corrected chi connectivity index (χ4v) is 4.93. The van der Waals surface area contributed by atoms with Crippen molar-refractivity contribution in [1.82, 2.24) is 5.32 Å². The van der Waals surface area contributed by atoms with Crippen molar-refractivity contribution in [3.05, 3.63) is 50.9 Å². The number of rotatable bonds is 12. The van der Waals surface area contributed by atoms with E-state index in [4.69, 9.17) is 41.7 Å². The highest BCUT2D eigenvalue weighted by molar-refractivity contribution is 7.17. The maximum Gasteiger partial charge on any atom is 0.329 e. The monoisotopic (exact) mass is 593 g/mol. The van der Waals surface area contributed by atoms with Gasteiger partial charge in [-0.25, -0.2) is 4.79 Å². The number of carboxylic acid groups (broad SMARTS) is 1. The molecule has 0 fully saturated rings. The zero-order valence-corrected chi connectivity index (χ0v) is 24.7. The quantitative estimate of drug-likeness (QED) is 0.165. The summed E-state index contributed by atoms with van der Waals surface area (Å²) in [6, 6.07) is 7.61. The Morgan fingerprint density at radius 3 is 2.25 bits per heavy atom. The Morgan fingerprint density at radius 2 is 1.68 bits per heavy atom. The highest BCUT2D eigenvalue weighted by Gasteiger charge is 2.28. The number of aliphatic carboxylic acids is 1. The van der Waals surface area contributed by atoms with Crippen LogP contribution in [0.2, 0.25) is 5.02 Å². The number of amidine groups is 2. The number of carbonyl (C=O) groups excluding carboxylic acids is 1. The number of anilines is 1. The number of ether oxygens (including phenoxy) is 3. The summed E-state index contributed by atoms with van der Waals surface area (Å²) in [6.07, 6.45) is 0. The molecule has 0 saturated heterocycles. The SMILES string of the molecule is CC(=N)N1C(=N)CN=C(c2ccc(Cl)cc2)c2c1sc(C)c2C.CC(=O)NCCOCCOCCOCC(=O)O. The molecule has 0 unspecified atom stereocenters. The van der Waals surface area contributed by atoms with Gasteiger partial charge in [-0.05, 0) is 38.5 Å². The Morgan fingerprint density at radius 1 is 1.07 bits per heavy atom. The minimum Gasteiger partial charge on any atom is -0.480 e. The average Bonchev–Trinajstić information content (AvgIpc) is 3.07. The second-order valence-electron chi connectivity index (χ2n) is 8.66. The van der Waals surface area contributed by atoms with Gasteiger partial charge in [0.2, 0.25) is 5.91 Å². The summed E-state index contributed by atoms with van der Waals surface area (Å²) in [7, 11) is 0. The van der Waals surface area contributed by atoms with E-state index in [1.54, 1.807) is 23.2 Å². The fraction of sp³-hybridized carbons (Fsp3) is 0.444. The molecule has 1 aliphatic rings. The van der Waals surface area contributed by atoms with Gasteiger partial charge in [0.25, 0.3) is 0 Å². The molecule has 1 aromatic carbocycles. The first-order chi connectivity index (χ1) is 19.0. The lowest BCUT2D eigenvalue weighted by Gasteiger charge is -2.21. The Labute approximate surface area is 243 Å². The minimum atomic E-state index is -0.994. The molecule has 1 aromatic heterocycles. The van der Waals surface area contributed by atoms with Gasteiger partial charge in [0.15, 0.2) is 0 Å². The minimum absolute atomic E-state index is 0.0829. The molecule has 0 saturated carbocycles. The van der Waals surface area contributed by atoms with Crippen LogP contribution in [0.1, 0.15) is 35.4 Å². The van der Waals surface area contributed by atoms with Crippen molar-refractivity contribution >= 4 is 57.2 Å². The standard InChI is InChI=1S/C17H17ClN4S.C10H19NO6/c1-9-10(2)23-17-15(9)16(12-4-6-13(18)7-5-12)21-8-14(20)22(17)11(3)19;1-9(12)11-2-3-15-4-5-16-6-7-17-8-10(13)14/h4-7,19-20H,8H2,1-3H3;2-8H2,1H3,(H,11,12)(H,13,14). The zero-order valence-electron chi connectivity index (χ0n) is 23.1. The molecule has 2 heterocycles. The van der Waals surface area contributed by atoms with Gasteiger partial charge >= 0.3 is 5.97 Å². The molecule has 0 spiro atoms. The molecule has 3 rings (SSSR count). The van der Waals surface area contributed by atoms with E-state index < -0.39 is 5.97 Å². The molecule has 13 heteroatoms. The summed E-state index contributed by atoms with van der Waals surface area (Å²) in [5, 5.41) is 28.8. The van der Waals surface area contributed by atoms with E-state index >= 15 is 0 Å². The Balaban J connectivity index is 0.000000296. The number of amides is 1. The Kier molecular flexibility index (Phi) is 13.9. The lowest BCUT2D eigenvalue weighted by atomic mass is 10.00. The van der Waals surface area contributed by atoms with Crippen molar-refractivity contribution in [2.45, 2.75) is 27.7 Å². The summed E-state index contributed by atoms with van der Waals surface area (Å²) < 4.78 is 15.0. The van der Waals surface area contributed by atoms with Crippen LogP contribution in [0.3, 0.4) is 0 Å². The third-order valence-electron chi connectivity index (χ3n) is 5.51. The number of aliphatic imine (C=N–C) groups is 1. The molecule has 0 aliphatic carbocycles. The van der Waals surface area contributed by atoms with Crippen LogP contribution in [0.25, 0.3) is 0 Å². The van der Waals surface area contributed by atoms with Gasteiger partial charge < -0.3 is 24.6 Å². The summed E-state index contributed by atoms with van der Waals surface area (Å²) in [6.45, 7) is 9.59. The number of fused-ring (bicyclic) bond motifs is 1. The van der Waals surface area contributed by atoms with Crippen molar-refractivity contribution in [2.24, 2.45) is 4.99 Å². The zero-order chi connectivity index (χ0) is 29.7. The van der Waals surface area contributed by atoms with E-state index in [1.165, 1.54) is 11.8 Å². The van der Waals surface area contributed by atoms with Gasteiger partial charge in [0.05, 0.1) is 45.3 Å². The highest BCUT2D eigenvalue weighted by Crippen LogP contribution is 2.39. The van der Waals surface area contributed by atoms with Crippen LogP contribution in [0.5, 0.6) is 0 Å². The Hall–Kier alpha value is -3.16. The number of halogens is 1. The molecule has 2 aromatic rings. The van der Waals surface area contributed by atoms with E-state index in [0.717, 1.165) is 27.4 Å². The highest BCUT2D eigenvalue weighted by atomic mass is 35.5. The first-order valence-corrected chi connectivity index (χ1v) is 13.7. The third kappa shape index (κ3) is 10.4. The first kappa shape index (κ1) is 33.0. The Bertz CT molecular complexity index is 1190. The molecule has 1 amide bonds. The van der Waals surface area contributed by atoms with Gasteiger partial charge in [0.1, 0.15) is 23.3 Å². The average molecular weight is 594 g/mol. The first-order valence-electron chi connectivity index (χ1n) is 12.6. The number of carboxylic acids is 1. The normalized spacial score (nSPS) is 12.6. The molecule has 1 aliphatic heterocycles. The van der Waals surface area contributed by atoms with Crippen LogP contribution >= 0.6 is 22.9 Å². The number of benzene rings is 1. The third-order valence-corrected chi connectivity index (χ3v) is 6.95. The summed E-state index contributed by atoms with van der Waals surface area (Å²) in [5.41, 5.74) is 4.02. The van der Waals surface area contributed by atoms with Crippen molar-refractivity contribution in [3.63, 3.8) is 0 Å². The van der Waals surface area contributed by atoms with E-state index in [-0.39, 0.29) is 25.7 Å². The number of aryl methyl sites for hydroxylation is 1. The topological polar surface area (TPSA) is 157 Å². The largest absolute Gasteiger partial charge is 0.480 e. The molecule has 11 nitrogen and oxygen atoms in total. The number of carbonyl (C=O) groups is 2. The molecular formula is C27H36ClN5O6S. The van der Waals surface area contributed by atoms with Crippen LogP contribution in [-0.2, 0) is 23.8 Å². The number of nitrogens with zero attached hydrogens (tertiary/aromatic N) is 2. The fourth-order valence-electron chi connectivity index (χ4n) is 3.57. The predicted octanol–water partition coefficient (Wildman–Crippen LogP) is 3.91. The van der Waals surface area contributed by atoms with E-state index in [0.29, 0.717) is 49.7 Å². The summed E-state index contributed by atoms with van der Waals surface area (Å²) in [5.74, 6) is -0.416. The molecule has 40 heavy (non-hydrogen) atoms. The van der Waals surface area contributed by atoms with Crippen LogP contribution in [-0.4, -0.2) is 87.1 Å². The van der Waals surface area contributed by atoms with Gasteiger partial charge in [-0.2, -0.15) is 0 Å². The summed E-state index contributed by atoms with van der Waals surface area (Å²) >= 11 is 7.61. The smallest absolute Gasteiger partial charge is 0.329 e. The van der Waals surface area contributed by atoms with Crippen LogP contribution in [0.15, 0.2) is 29.3 Å². The van der Waals surface area contributed by atoms with E-state index in [2.05, 4.69) is 24.2 Å². The van der Waals surface area contributed by atoms with E-state index in [9.17, 15) is 9.59 Å². The lowest BCUT2D eigenvalue weighted by Crippen LogP contribution is -2.35. The molecule has 4 N–H and O–H groups in total. The van der Waals surface area contributed by atoms with Crippen molar-refractivity contribution in [3.8, 4) is 0 Å². The number of nitrogens with one attached hydrogen (secondary N) is 3. The molecule has 0 bridgehead atoms. The van der Waals surface area contributed by atoms with Crippen LogP contribution in [0.4, 0.5) is 5.00 Å².